The number of hydrogen-bond acceptors (Lipinski definition) is 2. The molecule has 0 amide bonds. The average Bonchev–Trinajstić information content (AvgIpc) is 2.27. The molecular weight excluding hydrogens is 271 g/mol. The summed E-state index contributed by atoms with van der Waals surface area (Å²) in [4.78, 5) is 25.0. The number of aryl methyl sites for hydroxylation is 1. The molecule has 1 heterocycles. The average molecular weight is 281 g/mol. The second-order valence-corrected chi connectivity index (χ2v) is 5.62. The molecule has 1 aromatic heterocycles. The van der Waals surface area contributed by atoms with Crippen molar-refractivity contribution in [3.05, 3.63) is 57.4 Å². The van der Waals surface area contributed by atoms with Crippen LogP contribution in [0.1, 0.15) is 0 Å². The molecule has 0 aliphatic heterocycles. The first-order valence-electron chi connectivity index (χ1n) is 4.69. The molecule has 0 unspecified atom stereocenters. The molecule has 0 atom stereocenters. The molecule has 0 saturated heterocycles. The molecule has 2 rings (SSSR count). The molecule has 0 aliphatic rings. The van der Waals surface area contributed by atoms with Crippen LogP contribution in [0.4, 0.5) is 0 Å². The number of benzene rings is 1. The van der Waals surface area contributed by atoms with Crippen molar-refractivity contribution in [1.82, 2.24) is 9.55 Å². The molecule has 1 aromatic carbocycles. The summed E-state index contributed by atoms with van der Waals surface area (Å²) < 4.78 is 3.15. The van der Waals surface area contributed by atoms with Crippen LogP contribution < -0.4 is 20.2 Å². The van der Waals surface area contributed by atoms with Gasteiger partial charge in [0.25, 0.3) is 0 Å². The Morgan fingerprint density at radius 3 is 2.56 bits per heavy atom. The van der Waals surface area contributed by atoms with Crippen molar-refractivity contribution >= 4 is 23.9 Å². The van der Waals surface area contributed by atoms with E-state index in [0.29, 0.717) is 4.46 Å². The van der Waals surface area contributed by atoms with E-state index >= 15 is 0 Å². The van der Waals surface area contributed by atoms with Crippen molar-refractivity contribution in [3.8, 4) is 0 Å². The van der Waals surface area contributed by atoms with Crippen molar-refractivity contribution in [2.45, 2.75) is 0 Å². The Hall–Kier alpha value is -1.58. The number of aromatic nitrogens is 2. The monoisotopic (exact) mass is 282 g/mol. The summed E-state index contributed by atoms with van der Waals surface area (Å²) in [6, 6.07) is 9.76. The topological polar surface area (TPSA) is 54.9 Å². The first kappa shape index (κ1) is 10.9. The normalized spacial score (nSPS) is 10.3. The van der Waals surface area contributed by atoms with Crippen LogP contribution in [0.25, 0.3) is 0 Å². The van der Waals surface area contributed by atoms with Crippen LogP contribution in [-0.2, 0) is 7.05 Å². The van der Waals surface area contributed by atoms with Gasteiger partial charge in [0.15, 0.2) is 0 Å². The van der Waals surface area contributed by atoms with Gasteiger partial charge in [-0.1, -0.05) is 0 Å². The zero-order valence-corrected chi connectivity index (χ0v) is 10.3. The predicted octanol–water partition coefficient (Wildman–Crippen LogP) is -1.27. The van der Waals surface area contributed by atoms with Gasteiger partial charge in [-0.25, -0.2) is 0 Å². The van der Waals surface area contributed by atoms with Gasteiger partial charge in [0, 0.05) is 0 Å². The van der Waals surface area contributed by atoms with E-state index in [0.717, 1.165) is 4.46 Å². The summed E-state index contributed by atoms with van der Waals surface area (Å²) in [5.41, 5.74) is -0.662. The SMILES string of the molecule is Cn1cc([Se]c2ccccc2)c(=O)[nH]c1=O. The van der Waals surface area contributed by atoms with E-state index in [1.54, 1.807) is 13.2 Å². The Balaban J connectivity index is 2.40. The van der Waals surface area contributed by atoms with Crippen molar-refractivity contribution in [2.75, 3.05) is 0 Å². The third-order valence-electron chi connectivity index (χ3n) is 2.05. The van der Waals surface area contributed by atoms with Gasteiger partial charge in [-0.05, 0) is 0 Å². The van der Waals surface area contributed by atoms with Crippen molar-refractivity contribution in [1.29, 1.82) is 0 Å². The second kappa shape index (κ2) is 4.51. The van der Waals surface area contributed by atoms with Gasteiger partial charge in [0.2, 0.25) is 0 Å². The third kappa shape index (κ3) is 2.32. The summed E-state index contributed by atoms with van der Waals surface area (Å²) in [5, 5.41) is 0. The molecule has 16 heavy (non-hydrogen) atoms. The van der Waals surface area contributed by atoms with Crippen molar-refractivity contribution < 1.29 is 0 Å². The van der Waals surface area contributed by atoms with Crippen molar-refractivity contribution in [2.24, 2.45) is 7.05 Å². The zero-order valence-electron chi connectivity index (χ0n) is 8.64. The number of nitrogens with zero attached hydrogens (tertiary/aromatic N) is 1. The summed E-state index contributed by atoms with van der Waals surface area (Å²) in [5.74, 6) is 0. The van der Waals surface area contributed by atoms with E-state index in [-0.39, 0.29) is 26.2 Å². The predicted molar refractivity (Wildman–Crippen MR) is 63.8 cm³/mol. The molecule has 0 aliphatic carbocycles. The van der Waals surface area contributed by atoms with Crippen LogP contribution in [0.5, 0.6) is 0 Å². The molecule has 0 radical (unpaired) electrons. The maximum absolute atomic E-state index is 11.5. The first-order valence-corrected chi connectivity index (χ1v) is 6.41. The quantitative estimate of drug-likeness (QED) is 0.698. The Bertz CT molecular complexity index is 601. The number of nitrogens with one attached hydrogen (secondary N) is 1. The molecule has 0 bridgehead atoms. The summed E-state index contributed by atoms with van der Waals surface area (Å²) in [7, 11) is 1.63. The van der Waals surface area contributed by atoms with E-state index in [2.05, 4.69) is 4.98 Å². The van der Waals surface area contributed by atoms with Crippen LogP contribution in [0.3, 0.4) is 0 Å². The molecule has 4 nitrogen and oxygen atoms in total. The van der Waals surface area contributed by atoms with E-state index in [9.17, 15) is 9.59 Å². The van der Waals surface area contributed by atoms with Gasteiger partial charge in [-0.3, -0.25) is 0 Å². The summed E-state index contributed by atoms with van der Waals surface area (Å²) >= 11 is -0.0691. The Morgan fingerprint density at radius 2 is 1.88 bits per heavy atom. The minimum absolute atomic E-state index is 0.0691. The molecule has 5 heteroatoms. The van der Waals surface area contributed by atoms with Crippen LogP contribution in [0.15, 0.2) is 46.1 Å². The number of hydrogen-bond donors (Lipinski definition) is 1. The third-order valence-corrected chi connectivity index (χ3v) is 4.18. The minimum atomic E-state index is -0.377. The Morgan fingerprint density at radius 1 is 1.19 bits per heavy atom. The van der Waals surface area contributed by atoms with Gasteiger partial charge in [0.05, 0.1) is 0 Å². The zero-order chi connectivity index (χ0) is 11.5. The molecule has 82 valence electrons. The van der Waals surface area contributed by atoms with E-state index in [1.165, 1.54) is 4.57 Å². The number of H-pyrrole nitrogens is 1. The van der Waals surface area contributed by atoms with Gasteiger partial charge in [-0.15, -0.1) is 0 Å². The number of rotatable bonds is 2. The molecule has 0 spiro atoms. The first-order chi connectivity index (χ1) is 7.66. The van der Waals surface area contributed by atoms with Crippen LogP contribution in [-0.4, -0.2) is 24.5 Å². The Kier molecular flexibility index (Phi) is 3.08. The summed E-state index contributed by atoms with van der Waals surface area (Å²) in [6.07, 6.45) is 1.61. The summed E-state index contributed by atoms with van der Waals surface area (Å²) in [6.45, 7) is 0. The van der Waals surface area contributed by atoms with Gasteiger partial charge >= 0.3 is 97.8 Å². The molecule has 2 aromatic rings. The van der Waals surface area contributed by atoms with E-state index < -0.39 is 0 Å². The molecule has 0 fully saturated rings. The fraction of sp³-hybridized carbons (Fsp3) is 0.0909. The van der Waals surface area contributed by atoms with E-state index in [4.69, 9.17) is 0 Å². The van der Waals surface area contributed by atoms with Crippen LogP contribution in [0, 0.1) is 0 Å². The van der Waals surface area contributed by atoms with Crippen LogP contribution in [0.2, 0.25) is 0 Å². The van der Waals surface area contributed by atoms with Crippen LogP contribution >= 0.6 is 0 Å². The van der Waals surface area contributed by atoms with E-state index in [1.807, 2.05) is 30.3 Å². The Labute approximate surface area is 98.1 Å². The molecule has 0 saturated carbocycles. The fourth-order valence-corrected chi connectivity index (χ4v) is 3.12. The standard InChI is InChI=1S/C11H10N2O2Se/c1-13-7-9(10(14)12-11(13)15)16-8-5-3-2-4-6-8/h2-7H,1H3,(H,12,14,15). The number of aromatic amines is 1. The maximum atomic E-state index is 11.5. The van der Waals surface area contributed by atoms with Gasteiger partial charge in [-0.2, -0.15) is 0 Å². The van der Waals surface area contributed by atoms with Crippen molar-refractivity contribution in [3.63, 3.8) is 0 Å². The fourth-order valence-electron chi connectivity index (χ4n) is 1.23. The van der Waals surface area contributed by atoms with Gasteiger partial charge < -0.3 is 0 Å². The van der Waals surface area contributed by atoms with Gasteiger partial charge in [0.1, 0.15) is 0 Å². The molecular formula is C11H10N2O2Se. The second-order valence-electron chi connectivity index (χ2n) is 3.28. The molecule has 1 N–H and O–H groups in total.